The van der Waals surface area contributed by atoms with Gasteiger partial charge in [-0.25, -0.2) is 9.78 Å². The largest absolute Gasteiger partial charge is 0.465 e. The summed E-state index contributed by atoms with van der Waals surface area (Å²) < 4.78 is 16.4. The highest BCUT2D eigenvalue weighted by Gasteiger charge is 2.28. The SMILES string of the molecule is COC(=O)c1cnc2c(c1NC(C)C)Oc1ccc(C#N)cc1O2. The fourth-order valence-electron chi connectivity index (χ4n) is 2.30. The lowest BCUT2D eigenvalue weighted by atomic mass is 10.1. The number of aromatic nitrogens is 1. The molecule has 0 saturated carbocycles. The first-order valence-electron chi connectivity index (χ1n) is 7.31. The van der Waals surface area contributed by atoms with E-state index in [4.69, 9.17) is 19.5 Å². The van der Waals surface area contributed by atoms with E-state index in [1.165, 1.54) is 13.3 Å². The van der Waals surface area contributed by atoms with Crippen LogP contribution < -0.4 is 14.8 Å². The Morgan fingerprint density at radius 1 is 1.33 bits per heavy atom. The van der Waals surface area contributed by atoms with Gasteiger partial charge in [-0.05, 0) is 26.0 Å². The molecule has 1 N–H and O–H groups in total. The number of nitrogens with zero attached hydrogens (tertiary/aromatic N) is 2. The summed E-state index contributed by atoms with van der Waals surface area (Å²) >= 11 is 0. The van der Waals surface area contributed by atoms with Crippen molar-refractivity contribution in [3.8, 4) is 29.2 Å². The first-order valence-corrected chi connectivity index (χ1v) is 7.31. The number of ether oxygens (including phenoxy) is 3. The molecule has 7 heteroatoms. The van der Waals surface area contributed by atoms with E-state index in [0.717, 1.165) is 0 Å². The Bertz CT molecular complexity index is 856. The van der Waals surface area contributed by atoms with Crippen molar-refractivity contribution in [1.29, 1.82) is 5.26 Å². The van der Waals surface area contributed by atoms with E-state index >= 15 is 0 Å². The second kappa shape index (κ2) is 6.08. The number of nitriles is 1. The topological polar surface area (TPSA) is 93.5 Å². The van der Waals surface area contributed by atoms with Crippen LogP contribution in [0.1, 0.15) is 29.8 Å². The number of hydrogen-bond acceptors (Lipinski definition) is 7. The minimum Gasteiger partial charge on any atom is -0.465 e. The smallest absolute Gasteiger partial charge is 0.341 e. The van der Waals surface area contributed by atoms with E-state index in [0.29, 0.717) is 28.5 Å². The lowest BCUT2D eigenvalue weighted by molar-refractivity contribution is 0.0601. The Balaban J connectivity index is 2.10. The summed E-state index contributed by atoms with van der Waals surface area (Å²) in [6.07, 6.45) is 1.37. The maximum Gasteiger partial charge on any atom is 0.341 e. The maximum absolute atomic E-state index is 12.0. The van der Waals surface area contributed by atoms with Crippen LogP contribution in [0.25, 0.3) is 0 Å². The lowest BCUT2D eigenvalue weighted by Gasteiger charge is -2.24. The van der Waals surface area contributed by atoms with Gasteiger partial charge in [0.05, 0.1) is 24.4 Å². The van der Waals surface area contributed by atoms with E-state index in [1.54, 1.807) is 18.2 Å². The molecule has 1 aliphatic heterocycles. The van der Waals surface area contributed by atoms with E-state index < -0.39 is 5.97 Å². The normalized spacial score (nSPS) is 11.5. The third-order valence-electron chi connectivity index (χ3n) is 3.33. The van der Waals surface area contributed by atoms with Crippen molar-refractivity contribution in [3.63, 3.8) is 0 Å². The van der Waals surface area contributed by atoms with Crippen LogP contribution in [-0.2, 0) is 4.74 Å². The Kier molecular flexibility index (Phi) is 3.96. The average Bonchev–Trinajstić information content (AvgIpc) is 2.58. The van der Waals surface area contributed by atoms with Crippen molar-refractivity contribution >= 4 is 11.7 Å². The number of hydrogen-bond donors (Lipinski definition) is 1. The summed E-state index contributed by atoms with van der Waals surface area (Å²) in [4.78, 5) is 16.1. The number of rotatable bonds is 3. The molecular formula is C17H15N3O4. The third-order valence-corrected chi connectivity index (χ3v) is 3.33. The summed E-state index contributed by atoms with van der Waals surface area (Å²) in [5.74, 6) is 0.840. The number of methoxy groups -OCH3 is 1. The number of carbonyl (C=O) groups excluding carboxylic acids is 1. The quantitative estimate of drug-likeness (QED) is 0.737. The van der Waals surface area contributed by atoms with E-state index in [-0.39, 0.29) is 17.5 Å². The molecule has 2 aromatic rings. The van der Waals surface area contributed by atoms with Crippen LogP contribution in [0, 0.1) is 11.3 Å². The maximum atomic E-state index is 12.0. The summed E-state index contributed by atoms with van der Waals surface area (Å²) in [6.45, 7) is 3.87. The van der Waals surface area contributed by atoms with Gasteiger partial charge in [-0.3, -0.25) is 0 Å². The molecular weight excluding hydrogens is 310 g/mol. The number of carbonyl (C=O) groups is 1. The average molecular weight is 325 g/mol. The first-order chi connectivity index (χ1) is 11.5. The zero-order valence-corrected chi connectivity index (χ0v) is 13.4. The summed E-state index contributed by atoms with van der Waals surface area (Å²) in [5, 5.41) is 12.2. The second-order valence-electron chi connectivity index (χ2n) is 5.45. The molecule has 0 amide bonds. The van der Waals surface area contributed by atoms with Gasteiger partial charge in [0.25, 0.3) is 5.88 Å². The van der Waals surface area contributed by atoms with Crippen LogP contribution in [0.2, 0.25) is 0 Å². The van der Waals surface area contributed by atoms with Crippen LogP contribution >= 0.6 is 0 Å². The zero-order valence-electron chi connectivity index (χ0n) is 13.4. The molecule has 0 radical (unpaired) electrons. The Morgan fingerprint density at radius 2 is 2.12 bits per heavy atom. The number of fused-ring (bicyclic) bond motifs is 2. The van der Waals surface area contributed by atoms with E-state index in [9.17, 15) is 4.79 Å². The van der Waals surface area contributed by atoms with Gasteiger partial charge >= 0.3 is 5.97 Å². The summed E-state index contributed by atoms with van der Waals surface area (Å²) in [6, 6.07) is 6.93. The van der Waals surface area contributed by atoms with E-state index in [1.807, 2.05) is 19.9 Å². The molecule has 0 unspecified atom stereocenters. The van der Waals surface area contributed by atoms with Crippen molar-refractivity contribution in [2.45, 2.75) is 19.9 Å². The fraction of sp³-hybridized carbons (Fsp3) is 0.235. The van der Waals surface area contributed by atoms with Gasteiger partial charge in [-0.15, -0.1) is 0 Å². The molecule has 122 valence electrons. The Hall–Kier alpha value is -3.27. The Morgan fingerprint density at radius 3 is 2.79 bits per heavy atom. The van der Waals surface area contributed by atoms with Gasteiger partial charge in [-0.2, -0.15) is 5.26 Å². The minimum absolute atomic E-state index is 0.0471. The highest BCUT2D eigenvalue weighted by Crippen LogP contribution is 2.49. The van der Waals surface area contributed by atoms with Gasteiger partial charge in [0.15, 0.2) is 11.5 Å². The first kappa shape index (κ1) is 15.6. The fourth-order valence-corrected chi connectivity index (χ4v) is 2.30. The molecule has 7 nitrogen and oxygen atoms in total. The van der Waals surface area contributed by atoms with E-state index in [2.05, 4.69) is 10.3 Å². The van der Waals surface area contributed by atoms with Crippen molar-refractivity contribution in [2.24, 2.45) is 0 Å². The van der Waals surface area contributed by atoms with Crippen LogP contribution in [0.5, 0.6) is 23.1 Å². The summed E-state index contributed by atoms with van der Waals surface area (Å²) in [5.41, 5.74) is 1.16. The molecule has 0 atom stereocenters. The van der Waals surface area contributed by atoms with Crippen LogP contribution in [0.15, 0.2) is 24.4 Å². The minimum atomic E-state index is -0.525. The molecule has 3 rings (SSSR count). The molecule has 0 aliphatic carbocycles. The number of benzene rings is 1. The van der Waals surface area contributed by atoms with Gasteiger partial charge in [-0.1, -0.05) is 0 Å². The number of nitrogens with one attached hydrogen (secondary N) is 1. The molecule has 1 aromatic carbocycles. The summed E-state index contributed by atoms with van der Waals surface area (Å²) in [7, 11) is 1.30. The van der Waals surface area contributed by atoms with Gasteiger partial charge in [0.2, 0.25) is 5.75 Å². The molecule has 1 aromatic heterocycles. The molecule has 1 aliphatic rings. The third kappa shape index (κ3) is 2.70. The zero-order chi connectivity index (χ0) is 17.3. The van der Waals surface area contributed by atoms with Crippen molar-refractivity contribution in [2.75, 3.05) is 12.4 Å². The number of pyridine rings is 1. The predicted octanol–water partition coefficient (Wildman–Crippen LogP) is 3.46. The predicted molar refractivity (Wildman–Crippen MR) is 85.6 cm³/mol. The molecule has 0 fully saturated rings. The highest BCUT2D eigenvalue weighted by molar-refractivity contribution is 5.97. The molecule has 24 heavy (non-hydrogen) atoms. The second-order valence-corrected chi connectivity index (χ2v) is 5.45. The van der Waals surface area contributed by atoms with Crippen LogP contribution in [0.3, 0.4) is 0 Å². The highest BCUT2D eigenvalue weighted by atomic mass is 16.6. The number of anilines is 1. The Labute approximate surface area is 138 Å². The van der Waals surface area contributed by atoms with Gasteiger partial charge in [0, 0.05) is 18.3 Å². The molecule has 0 bridgehead atoms. The molecule has 0 spiro atoms. The lowest BCUT2D eigenvalue weighted by Crippen LogP contribution is -2.17. The molecule has 2 heterocycles. The monoisotopic (exact) mass is 325 g/mol. The number of esters is 1. The van der Waals surface area contributed by atoms with Gasteiger partial charge in [0.1, 0.15) is 5.56 Å². The van der Waals surface area contributed by atoms with Crippen LogP contribution in [0.4, 0.5) is 5.69 Å². The standard InChI is InChI=1S/C17H15N3O4/c1-9(2)20-14-11(17(21)22-3)8-19-16-15(14)23-12-5-4-10(7-18)6-13(12)24-16/h4-6,8-9H,1-3H3,(H,19,20). The molecule has 0 saturated heterocycles. The van der Waals surface area contributed by atoms with Gasteiger partial charge < -0.3 is 19.5 Å². The van der Waals surface area contributed by atoms with Crippen LogP contribution in [-0.4, -0.2) is 24.1 Å². The van der Waals surface area contributed by atoms with Crippen molar-refractivity contribution in [1.82, 2.24) is 4.98 Å². The van der Waals surface area contributed by atoms with Crippen molar-refractivity contribution < 1.29 is 19.0 Å². The van der Waals surface area contributed by atoms with Crippen molar-refractivity contribution in [3.05, 3.63) is 35.5 Å².